The molecule has 0 aliphatic carbocycles. The number of hydrogen-bond acceptors (Lipinski definition) is 6. The van der Waals surface area contributed by atoms with Crippen LogP contribution in [0.2, 0.25) is 0 Å². The van der Waals surface area contributed by atoms with E-state index >= 15 is 0 Å². The summed E-state index contributed by atoms with van der Waals surface area (Å²) in [5.74, 6) is -0.109. The van der Waals surface area contributed by atoms with Crippen LogP contribution in [0.1, 0.15) is 21.6 Å². The normalized spacial score (nSPS) is 11.0. The van der Waals surface area contributed by atoms with Crippen molar-refractivity contribution in [2.24, 2.45) is 0 Å². The second-order valence-electron chi connectivity index (χ2n) is 6.21. The van der Waals surface area contributed by atoms with E-state index in [0.717, 1.165) is 5.69 Å². The van der Waals surface area contributed by atoms with E-state index in [2.05, 4.69) is 14.4 Å². The molecule has 0 spiro atoms. The molecule has 1 heterocycles. The molecule has 0 aliphatic rings. The van der Waals surface area contributed by atoms with Gasteiger partial charge >= 0.3 is 5.97 Å². The molecular weight excluding hydrogens is 392 g/mol. The number of ether oxygens (including phenoxy) is 2. The van der Waals surface area contributed by atoms with Crippen molar-refractivity contribution in [1.82, 2.24) is 4.98 Å². The Bertz CT molecular complexity index is 1110. The standard InChI is InChI=1S/C21H20N2O5S/c1-15-9-10-16(21(24)27-2)12-20(15)29(25,26)23-17-7-5-8-19(13-17)28-14-18-6-3-4-11-22-18/h3-13,23H,14H2,1-2H3. The molecule has 0 saturated carbocycles. The zero-order chi connectivity index (χ0) is 20.9. The molecule has 0 atom stereocenters. The summed E-state index contributed by atoms with van der Waals surface area (Å²) in [5.41, 5.74) is 1.76. The van der Waals surface area contributed by atoms with Gasteiger partial charge in [-0.2, -0.15) is 0 Å². The highest BCUT2D eigenvalue weighted by molar-refractivity contribution is 7.92. The van der Waals surface area contributed by atoms with E-state index in [0.29, 0.717) is 17.0 Å². The maximum atomic E-state index is 12.9. The first kappa shape index (κ1) is 20.3. The highest BCUT2D eigenvalue weighted by atomic mass is 32.2. The lowest BCUT2D eigenvalue weighted by atomic mass is 10.1. The molecule has 0 unspecified atom stereocenters. The minimum Gasteiger partial charge on any atom is -0.487 e. The third-order valence-corrected chi connectivity index (χ3v) is 5.62. The van der Waals surface area contributed by atoms with Crippen LogP contribution in [0.4, 0.5) is 5.69 Å². The van der Waals surface area contributed by atoms with Crippen molar-refractivity contribution in [1.29, 1.82) is 0 Å². The van der Waals surface area contributed by atoms with Gasteiger partial charge in [-0.3, -0.25) is 9.71 Å². The van der Waals surface area contributed by atoms with Gasteiger partial charge in [-0.15, -0.1) is 0 Å². The van der Waals surface area contributed by atoms with Crippen LogP contribution in [0.15, 0.2) is 71.8 Å². The maximum absolute atomic E-state index is 12.9. The quantitative estimate of drug-likeness (QED) is 0.597. The topological polar surface area (TPSA) is 94.6 Å². The highest BCUT2D eigenvalue weighted by Gasteiger charge is 2.20. The van der Waals surface area contributed by atoms with Gasteiger partial charge in [0.15, 0.2) is 0 Å². The van der Waals surface area contributed by atoms with Gasteiger partial charge in [0.25, 0.3) is 10.0 Å². The summed E-state index contributed by atoms with van der Waals surface area (Å²) >= 11 is 0. The molecule has 1 N–H and O–H groups in total. The van der Waals surface area contributed by atoms with E-state index in [1.807, 2.05) is 18.2 Å². The number of carbonyl (C=O) groups is 1. The predicted molar refractivity (Wildman–Crippen MR) is 108 cm³/mol. The van der Waals surface area contributed by atoms with Gasteiger partial charge in [0.1, 0.15) is 12.4 Å². The summed E-state index contributed by atoms with van der Waals surface area (Å²) in [4.78, 5) is 15.9. The molecule has 0 aliphatic heterocycles. The molecule has 0 bridgehead atoms. The molecule has 2 aromatic carbocycles. The van der Waals surface area contributed by atoms with Crippen molar-refractivity contribution in [2.45, 2.75) is 18.4 Å². The summed E-state index contributed by atoms with van der Waals surface area (Å²) < 4.78 is 38.6. The van der Waals surface area contributed by atoms with Crippen LogP contribution < -0.4 is 9.46 Å². The van der Waals surface area contributed by atoms with E-state index < -0.39 is 16.0 Å². The van der Waals surface area contributed by atoms with Crippen molar-refractivity contribution in [3.05, 3.63) is 83.7 Å². The summed E-state index contributed by atoms with van der Waals surface area (Å²) in [6.07, 6.45) is 1.67. The van der Waals surface area contributed by atoms with E-state index in [9.17, 15) is 13.2 Å². The van der Waals surface area contributed by atoms with Crippen molar-refractivity contribution < 1.29 is 22.7 Å². The molecule has 7 nitrogen and oxygen atoms in total. The molecule has 1 aromatic heterocycles. The van der Waals surface area contributed by atoms with Crippen molar-refractivity contribution in [3.8, 4) is 5.75 Å². The largest absolute Gasteiger partial charge is 0.487 e. The molecule has 0 saturated heterocycles. The van der Waals surface area contributed by atoms with Crippen LogP contribution in [-0.4, -0.2) is 26.5 Å². The number of hydrogen-bond donors (Lipinski definition) is 1. The fourth-order valence-corrected chi connectivity index (χ4v) is 3.96. The number of nitrogens with zero attached hydrogens (tertiary/aromatic N) is 1. The number of pyridine rings is 1. The zero-order valence-electron chi connectivity index (χ0n) is 16.0. The maximum Gasteiger partial charge on any atom is 0.337 e. The third-order valence-electron chi connectivity index (χ3n) is 4.10. The first-order valence-electron chi connectivity index (χ1n) is 8.73. The number of aromatic nitrogens is 1. The number of methoxy groups -OCH3 is 1. The molecule has 0 amide bonds. The number of aryl methyl sites for hydroxylation is 1. The summed E-state index contributed by atoms with van der Waals surface area (Å²) in [6.45, 7) is 1.92. The number of anilines is 1. The van der Waals surface area contributed by atoms with Gasteiger partial charge in [-0.05, 0) is 48.9 Å². The number of nitrogens with one attached hydrogen (secondary N) is 1. The monoisotopic (exact) mass is 412 g/mol. The van der Waals surface area contributed by atoms with Crippen LogP contribution in [0, 0.1) is 6.92 Å². The Morgan fingerprint density at radius 3 is 2.62 bits per heavy atom. The van der Waals surface area contributed by atoms with E-state index in [1.165, 1.54) is 19.2 Å². The Morgan fingerprint density at radius 2 is 1.90 bits per heavy atom. The van der Waals surface area contributed by atoms with Gasteiger partial charge in [-0.1, -0.05) is 18.2 Å². The van der Waals surface area contributed by atoms with Gasteiger partial charge in [-0.25, -0.2) is 13.2 Å². The van der Waals surface area contributed by atoms with Gasteiger partial charge in [0.2, 0.25) is 0 Å². The number of esters is 1. The Morgan fingerprint density at radius 1 is 1.07 bits per heavy atom. The Labute approximate surface area is 169 Å². The average molecular weight is 412 g/mol. The Hall–Kier alpha value is -3.39. The smallest absolute Gasteiger partial charge is 0.337 e. The van der Waals surface area contributed by atoms with E-state index in [-0.39, 0.29) is 17.1 Å². The summed E-state index contributed by atoms with van der Waals surface area (Å²) in [6, 6.07) is 16.5. The first-order chi connectivity index (χ1) is 13.9. The lowest BCUT2D eigenvalue weighted by molar-refractivity contribution is 0.0600. The molecular formula is C21H20N2O5S. The predicted octanol–water partition coefficient (Wildman–Crippen LogP) is 3.56. The highest BCUT2D eigenvalue weighted by Crippen LogP contribution is 2.24. The Kier molecular flexibility index (Phi) is 6.13. The summed E-state index contributed by atoms with van der Waals surface area (Å²) in [7, 11) is -2.68. The van der Waals surface area contributed by atoms with Gasteiger partial charge < -0.3 is 9.47 Å². The second kappa shape index (κ2) is 8.74. The van der Waals surface area contributed by atoms with E-state index in [1.54, 1.807) is 43.5 Å². The van der Waals surface area contributed by atoms with Crippen LogP contribution >= 0.6 is 0 Å². The van der Waals surface area contributed by atoms with Crippen LogP contribution in [0.25, 0.3) is 0 Å². The van der Waals surface area contributed by atoms with Gasteiger partial charge in [0.05, 0.1) is 29.0 Å². The fourth-order valence-electron chi connectivity index (χ4n) is 2.63. The fraction of sp³-hybridized carbons (Fsp3) is 0.143. The van der Waals surface area contributed by atoms with Crippen molar-refractivity contribution in [2.75, 3.05) is 11.8 Å². The second-order valence-corrected chi connectivity index (χ2v) is 7.87. The molecule has 3 rings (SSSR count). The summed E-state index contributed by atoms with van der Waals surface area (Å²) in [5, 5.41) is 0. The van der Waals surface area contributed by atoms with Crippen LogP contribution in [-0.2, 0) is 21.4 Å². The van der Waals surface area contributed by atoms with Crippen LogP contribution in [0.3, 0.4) is 0 Å². The van der Waals surface area contributed by atoms with Gasteiger partial charge in [0, 0.05) is 12.3 Å². The molecule has 150 valence electrons. The molecule has 29 heavy (non-hydrogen) atoms. The lowest BCUT2D eigenvalue weighted by Crippen LogP contribution is -2.15. The Balaban J connectivity index is 1.79. The minimum atomic E-state index is -3.92. The van der Waals surface area contributed by atoms with Crippen LogP contribution in [0.5, 0.6) is 5.75 Å². The molecule has 3 aromatic rings. The molecule has 0 radical (unpaired) electrons. The minimum absolute atomic E-state index is 0.000192. The molecule has 0 fully saturated rings. The third kappa shape index (κ3) is 5.11. The SMILES string of the molecule is COC(=O)c1ccc(C)c(S(=O)(=O)Nc2cccc(OCc3ccccn3)c2)c1. The van der Waals surface area contributed by atoms with Crippen molar-refractivity contribution >= 4 is 21.7 Å². The van der Waals surface area contributed by atoms with E-state index in [4.69, 9.17) is 4.74 Å². The number of sulfonamides is 1. The number of benzene rings is 2. The van der Waals surface area contributed by atoms with Crippen molar-refractivity contribution in [3.63, 3.8) is 0 Å². The zero-order valence-corrected chi connectivity index (χ0v) is 16.8. The first-order valence-corrected chi connectivity index (χ1v) is 10.2. The lowest BCUT2D eigenvalue weighted by Gasteiger charge is -2.13. The molecule has 8 heteroatoms. The number of rotatable bonds is 7. The number of carbonyl (C=O) groups excluding carboxylic acids is 1. The average Bonchev–Trinajstić information content (AvgIpc) is 2.72.